The Kier molecular flexibility index (Phi) is 4.57. The van der Waals surface area contributed by atoms with Crippen molar-refractivity contribution in [1.29, 1.82) is 0 Å². The molecule has 0 bridgehead atoms. The molecule has 2 nitrogen and oxygen atoms in total. The predicted octanol–water partition coefficient (Wildman–Crippen LogP) is 6.50. The van der Waals surface area contributed by atoms with Crippen LogP contribution in [0.5, 0.6) is 23.0 Å². The molecule has 0 heterocycles. The molecule has 0 saturated carbocycles. The number of benzene rings is 3. The maximum Gasteiger partial charge on any atom is 0.133 e. The Morgan fingerprint density at radius 2 is 0.750 bits per heavy atom. The van der Waals surface area contributed by atoms with E-state index in [0.717, 1.165) is 45.3 Å². The highest BCUT2D eigenvalue weighted by atomic mass is 16.5. The first kappa shape index (κ1) is 16.1. The van der Waals surface area contributed by atoms with Crippen LogP contribution < -0.4 is 9.47 Å². The minimum Gasteiger partial charge on any atom is -0.457 e. The average molecular weight is 318 g/mol. The van der Waals surface area contributed by atoms with Crippen molar-refractivity contribution in [3.05, 3.63) is 82.9 Å². The maximum atomic E-state index is 6.04. The smallest absolute Gasteiger partial charge is 0.133 e. The lowest BCUT2D eigenvalue weighted by Gasteiger charge is -2.13. The third kappa shape index (κ3) is 3.43. The molecule has 0 atom stereocenters. The molecular formula is C22H22O2. The molecular weight excluding hydrogens is 296 g/mol. The van der Waals surface area contributed by atoms with Crippen molar-refractivity contribution in [2.45, 2.75) is 27.7 Å². The van der Waals surface area contributed by atoms with Gasteiger partial charge in [-0.15, -0.1) is 0 Å². The van der Waals surface area contributed by atoms with E-state index in [1.807, 2.05) is 36.4 Å². The van der Waals surface area contributed by atoms with Crippen molar-refractivity contribution in [1.82, 2.24) is 0 Å². The van der Waals surface area contributed by atoms with Gasteiger partial charge >= 0.3 is 0 Å². The second-order valence-corrected chi connectivity index (χ2v) is 6.12. The second-order valence-electron chi connectivity index (χ2n) is 6.12. The van der Waals surface area contributed by atoms with Gasteiger partial charge in [-0.05, 0) is 74.2 Å². The Bertz CT molecular complexity index is 735. The van der Waals surface area contributed by atoms with Crippen LogP contribution in [0.4, 0.5) is 0 Å². The number of hydrogen-bond donors (Lipinski definition) is 0. The summed E-state index contributed by atoms with van der Waals surface area (Å²) in [7, 11) is 0. The zero-order valence-corrected chi connectivity index (χ0v) is 14.6. The minimum absolute atomic E-state index is 0.807. The fraction of sp³-hybridized carbons (Fsp3) is 0.182. The highest BCUT2D eigenvalue weighted by Crippen LogP contribution is 2.32. The molecule has 0 amide bonds. The second kappa shape index (κ2) is 6.79. The van der Waals surface area contributed by atoms with Gasteiger partial charge in [0.1, 0.15) is 23.0 Å². The van der Waals surface area contributed by atoms with E-state index >= 15 is 0 Å². The van der Waals surface area contributed by atoms with Gasteiger partial charge in [-0.25, -0.2) is 0 Å². The Labute approximate surface area is 143 Å². The van der Waals surface area contributed by atoms with Crippen molar-refractivity contribution in [2.24, 2.45) is 0 Å². The molecule has 122 valence electrons. The van der Waals surface area contributed by atoms with E-state index < -0.39 is 0 Å². The number of aryl methyl sites for hydroxylation is 4. The molecule has 0 unspecified atom stereocenters. The van der Waals surface area contributed by atoms with Crippen LogP contribution in [-0.4, -0.2) is 0 Å². The SMILES string of the molecule is Cc1cccc(C)c1Oc1ccc(Oc2c(C)cccc2C)cc1. The average Bonchev–Trinajstić information content (AvgIpc) is 2.56. The van der Waals surface area contributed by atoms with Crippen LogP contribution in [0.2, 0.25) is 0 Å². The molecule has 0 aliphatic rings. The van der Waals surface area contributed by atoms with Crippen LogP contribution in [0.25, 0.3) is 0 Å². The molecule has 0 saturated heterocycles. The van der Waals surface area contributed by atoms with E-state index in [4.69, 9.17) is 9.47 Å². The maximum absolute atomic E-state index is 6.04. The topological polar surface area (TPSA) is 18.5 Å². The van der Waals surface area contributed by atoms with Gasteiger partial charge in [0.25, 0.3) is 0 Å². The summed E-state index contributed by atoms with van der Waals surface area (Å²) in [6.45, 7) is 8.23. The molecule has 0 radical (unpaired) electrons. The summed E-state index contributed by atoms with van der Waals surface area (Å²) >= 11 is 0. The van der Waals surface area contributed by atoms with E-state index in [2.05, 4.69) is 52.0 Å². The molecule has 0 aliphatic carbocycles. The molecule has 0 spiro atoms. The van der Waals surface area contributed by atoms with E-state index in [0.29, 0.717) is 0 Å². The number of rotatable bonds is 4. The van der Waals surface area contributed by atoms with Gasteiger partial charge in [0.2, 0.25) is 0 Å². The quantitative estimate of drug-likeness (QED) is 0.546. The summed E-state index contributed by atoms with van der Waals surface area (Å²) in [5.74, 6) is 3.45. The molecule has 3 rings (SSSR count). The fourth-order valence-electron chi connectivity index (χ4n) is 2.73. The van der Waals surface area contributed by atoms with Gasteiger partial charge < -0.3 is 9.47 Å². The summed E-state index contributed by atoms with van der Waals surface area (Å²) in [6.07, 6.45) is 0. The Hall–Kier alpha value is -2.74. The first-order chi connectivity index (χ1) is 11.5. The fourth-order valence-corrected chi connectivity index (χ4v) is 2.73. The van der Waals surface area contributed by atoms with Crippen molar-refractivity contribution in [3.8, 4) is 23.0 Å². The lowest BCUT2D eigenvalue weighted by Crippen LogP contribution is -1.92. The van der Waals surface area contributed by atoms with Gasteiger partial charge in [-0.3, -0.25) is 0 Å². The predicted molar refractivity (Wildman–Crippen MR) is 98.4 cm³/mol. The number of ether oxygens (including phenoxy) is 2. The normalized spacial score (nSPS) is 10.5. The monoisotopic (exact) mass is 318 g/mol. The Morgan fingerprint density at radius 3 is 1.04 bits per heavy atom. The zero-order chi connectivity index (χ0) is 17.1. The highest BCUT2D eigenvalue weighted by Gasteiger charge is 2.07. The van der Waals surface area contributed by atoms with E-state index in [1.165, 1.54) is 0 Å². The summed E-state index contributed by atoms with van der Waals surface area (Å²) in [5, 5.41) is 0. The van der Waals surface area contributed by atoms with Crippen LogP contribution in [0, 0.1) is 27.7 Å². The molecule has 24 heavy (non-hydrogen) atoms. The Morgan fingerprint density at radius 1 is 0.458 bits per heavy atom. The number of para-hydroxylation sites is 2. The highest BCUT2D eigenvalue weighted by molar-refractivity contribution is 5.46. The molecule has 0 aliphatic heterocycles. The van der Waals surface area contributed by atoms with Crippen molar-refractivity contribution in [2.75, 3.05) is 0 Å². The summed E-state index contributed by atoms with van der Waals surface area (Å²) in [5.41, 5.74) is 4.52. The van der Waals surface area contributed by atoms with E-state index in [1.54, 1.807) is 0 Å². The van der Waals surface area contributed by atoms with Crippen LogP contribution in [-0.2, 0) is 0 Å². The molecule has 3 aromatic carbocycles. The third-order valence-electron chi connectivity index (χ3n) is 4.08. The first-order valence-electron chi connectivity index (χ1n) is 8.13. The molecule has 0 N–H and O–H groups in total. The summed E-state index contributed by atoms with van der Waals surface area (Å²) < 4.78 is 12.1. The minimum atomic E-state index is 0.807. The Balaban J connectivity index is 1.79. The van der Waals surface area contributed by atoms with Gasteiger partial charge in [0.15, 0.2) is 0 Å². The van der Waals surface area contributed by atoms with Gasteiger partial charge in [0.05, 0.1) is 0 Å². The number of hydrogen-bond acceptors (Lipinski definition) is 2. The largest absolute Gasteiger partial charge is 0.457 e. The molecule has 3 aromatic rings. The summed E-state index contributed by atoms with van der Waals surface area (Å²) in [6, 6.07) is 20.1. The van der Waals surface area contributed by atoms with E-state index in [9.17, 15) is 0 Å². The van der Waals surface area contributed by atoms with Gasteiger partial charge in [-0.2, -0.15) is 0 Å². The van der Waals surface area contributed by atoms with Crippen LogP contribution >= 0.6 is 0 Å². The lowest BCUT2D eigenvalue weighted by molar-refractivity contribution is 0.462. The first-order valence-corrected chi connectivity index (χ1v) is 8.13. The van der Waals surface area contributed by atoms with Crippen molar-refractivity contribution < 1.29 is 9.47 Å². The molecule has 0 fully saturated rings. The van der Waals surface area contributed by atoms with Gasteiger partial charge in [-0.1, -0.05) is 36.4 Å². The van der Waals surface area contributed by atoms with Crippen molar-refractivity contribution >= 4 is 0 Å². The standard InChI is InChI=1S/C22H22O2/c1-15-7-5-8-16(2)21(15)23-19-11-13-20(14-12-19)24-22-17(3)9-6-10-18(22)4/h5-14H,1-4H3. The van der Waals surface area contributed by atoms with E-state index in [-0.39, 0.29) is 0 Å². The third-order valence-corrected chi connectivity index (χ3v) is 4.08. The summed E-state index contributed by atoms with van der Waals surface area (Å²) in [4.78, 5) is 0. The van der Waals surface area contributed by atoms with Gasteiger partial charge in [0, 0.05) is 0 Å². The van der Waals surface area contributed by atoms with Crippen LogP contribution in [0.1, 0.15) is 22.3 Å². The lowest BCUT2D eigenvalue weighted by atomic mass is 10.1. The van der Waals surface area contributed by atoms with Crippen LogP contribution in [0.3, 0.4) is 0 Å². The molecule has 2 heteroatoms. The molecule has 0 aromatic heterocycles. The van der Waals surface area contributed by atoms with Crippen LogP contribution in [0.15, 0.2) is 60.7 Å². The zero-order valence-electron chi connectivity index (χ0n) is 14.6. The van der Waals surface area contributed by atoms with Crippen molar-refractivity contribution in [3.63, 3.8) is 0 Å².